The van der Waals surface area contributed by atoms with Crippen LogP contribution in [0.25, 0.3) is 11.1 Å². The highest BCUT2D eigenvalue weighted by molar-refractivity contribution is 5.81. The van der Waals surface area contributed by atoms with Crippen molar-refractivity contribution in [1.82, 2.24) is 0 Å². The van der Waals surface area contributed by atoms with Gasteiger partial charge in [0.15, 0.2) is 0 Å². The predicted octanol–water partition coefficient (Wildman–Crippen LogP) is 3.23. The van der Waals surface area contributed by atoms with Gasteiger partial charge in [-0.05, 0) is 28.3 Å². The smallest absolute Gasteiger partial charge is 0.0646 e. The van der Waals surface area contributed by atoms with Crippen molar-refractivity contribution < 1.29 is 4.84 Å². The summed E-state index contributed by atoms with van der Waals surface area (Å²) in [7, 11) is 1.64. The van der Waals surface area contributed by atoms with Crippen LogP contribution in [0.1, 0.15) is 11.1 Å². The van der Waals surface area contributed by atoms with Crippen molar-refractivity contribution in [2.24, 2.45) is 0 Å². The summed E-state index contributed by atoms with van der Waals surface area (Å²) < 4.78 is 0. The van der Waals surface area contributed by atoms with E-state index in [1.54, 1.807) is 7.11 Å². The second-order valence-corrected chi connectivity index (χ2v) is 3.97. The molecule has 1 N–H and O–H groups in total. The average molecular weight is 211 g/mol. The lowest BCUT2D eigenvalue weighted by molar-refractivity contribution is 0.270. The maximum absolute atomic E-state index is 5.00. The average Bonchev–Trinajstić information content (AvgIpc) is 2.69. The van der Waals surface area contributed by atoms with E-state index in [1.165, 1.54) is 22.3 Å². The van der Waals surface area contributed by atoms with E-state index < -0.39 is 0 Å². The summed E-state index contributed by atoms with van der Waals surface area (Å²) in [5.41, 5.74) is 9.39. The first-order chi connectivity index (χ1) is 7.90. The molecule has 0 atom stereocenters. The van der Waals surface area contributed by atoms with Crippen molar-refractivity contribution in [1.29, 1.82) is 0 Å². The molecule has 0 fully saturated rings. The van der Waals surface area contributed by atoms with E-state index in [9.17, 15) is 0 Å². The van der Waals surface area contributed by atoms with E-state index >= 15 is 0 Å². The molecular formula is C14H13NO. The number of anilines is 1. The van der Waals surface area contributed by atoms with E-state index in [-0.39, 0.29) is 0 Å². The van der Waals surface area contributed by atoms with Crippen molar-refractivity contribution in [3.63, 3.8) is 0 Å². The highest BCUT2D eigenvalue weighted by Gasteiger charge is 2.19. The van der Waals surface area contributed by atoms with Crippen LogP contribution in [0.3, 0.4) is 0 Å². The summed E-state index contributed by atoms with van der Waals surface area (Å²) in [6.07, 6.45) is 0.984. The fraction of sp³-hybridized carbons (Fsp3) is 0.143. The SMILES string of the molecule is CONc1cccc2c1Cc1ccccc1-2. The molecule has 0 radical (unpaired) electrons. The molecule has 2 nitrogen and oxygen atoms in total. The Kier molecular flexibility index (Phi) is 2.15. The molecule has 0 amide bonds. The Morgan fingerprint density at radius 1 is 1.00 bits per heavy atom. The Balaban J connectivity index is 2.16. The van der Waals surface area contributed by atoms with Gasteiger partial charge >= 0.3 is 0 Å². The van der Waals surface area contributed by atoms with Gasteiger partial charge in [-0.25, -0.2) is 0 Å². The third-order valence-electron chi connectivity index (χ3n) is 3.06. The Morgan fingerprint density at radius 2 is 1.81 bits per heavy atom. The van der Waals surface area contributed by atoms with E-state index in [2.05, 4.69) is 41.9 Å². The van der Waals surface area contributed by atoms with Crippen LogP contribution in [-0.2, 0) is 11.3 Å². The van der Waals surface area contributed by atoms with Gasteiger partial charge in [-0.2, -0.15) is 0 Å². The molecule has 80 valence electrons. The van der Waals surface area contributed by atoms with Crippen LogP contribution in [0.5, 0.6) is 0 Å². The maximum atomic E-state index is 5.00. The monoisotopic (exact) mass is 211 g/mol. The van der Waals surface area contributed by atoms with Gasteiger partial charge in [0.2, 0.25) is 0 Å². The molecule has 0 saturated heterocycles. The number of benzene rings is 2. The highest BCUT2D eigenvalue weighted by Crippen LogP contribution is 2.39. The van der Waals surface area contributed by atoms with E-state index in [4.69, 9.17) is 4.84 Å². The zero-order valence-electron chi connectivity index (χ0n) is 9.16. The van der Waals surface area contributed by atoms with Gasteiger partial charge in [0.25, 0.3) is 0 Å². The molecule has 0 aromatic heterocycles. The third kappa shape index (κ3) is 1.31. The minimum absolute atomic E-state index is 0.984. The number of hydrogen-bond acceptors (Lipinski definition) is 2. The molecule has 16 heavy (non-hydrogen) atoms. The van der Waals surface area contributed by atoms with Crippen LogP contribution in [0.4, 0.5) is 5.69 Å². The second kappa shape index (κ2) is 3.65. The Hall–Kier alpha value is -1.80. The number of nitrogens with one attached hydrogen (secondary N) is 1. The van der Waals surface area contributed by atoms with Crippen molar-refractivity contribution >= 4 is 5.69 Å². The minimum Gasteiger partial charge on any atom is -0.279 e. The first-order valence-corrected chi connectivity index (χ1v) is 5.39. The summed E-state index contributed by atoms with van der Waals surface area (Å²) in [6, 6.07) is 14.8. The quantitative estimate of drug-likeness (QED) is 0.657. The lowest BCUT2D eigenvalue weighted by Gasteiger charge is -2.08. The summed E-state index contributed by atoms with van der Waals surface area (Å²) >= 11 is 0. The van der Waals surface area contributed by atoms with Crippen molar-refractivity contribution in [3.8, 4) is 11.1 Å². The van der Waals surface area contributed by atoms with Crippen LogP contribution in [0, 0.1) is 0 Å². The van der Waals surface area contributed by atoms with Crippen LogP contribution in [-0.4, -0.2) is 7.11 Å². The molecule has 2 heteroatoms. The van der Waals surface area contributed by atoms with Gasteiger partial charge in [-0.15, -0.1) is 0 Å². The van der Waals surface area contributed by atoms with Crippen LogP contribution in [0.2, 0.25) is 0 Å². The zero-order chi connectivity index (χ0) is 11.0. The minimum atomic E-state index is 0.984. The second-order valence-electron chi connectivity index (χ2n) is 3.97. The lowest BCUT2D eigenvalue weighted by Crippen LogP contribution is -1.98. The topological polar surface area (TPSA) is 21.3 Å². The van der Waals surface area contributed by atoms with E-state index in [0.717, 1.165) is 12.1 Å². The molecule has 0 heterocycles. The Labute approximate surface area is 94.8 Å². The van der Waals surface area contributed by atoms with Gasteiger partial charge in [0.05, 0.1) is 12.8 Å². The Bertz CT molecular complexity index is 534. The summed E-state index contributed by atoms with van der Waals surface area (Å²) in [5.74, 6) is 0. The van der Waals surface area contributed by atoms with Crippen molar-refractivity contribution in [2.75, 3.05) is 12.6 Å². The Morgan fingerprint density at radius 3 is 2.69 bits per heavy atom. The van der Waals surface area contributed by atoms with Gasteiger partial charge < -0.3 is 0 Å². The molecular weight excluding hydrogens is 198 g/mol. The van der Waals surface area contributed by atoms with Crippen molar-refractivity contribution in [2.45, 2.75) is 6.42 Å². The fourth-order valence-electron chi connectivity index (χ4n) is 2.36. The van der Waals surface area contributed by atoms with Crippen molar-refractivity contribution in [3.05, 3.63) is 53.6 Å². The largest absolute Gasteiger partial charge is 0.279 e. The molecule has 3 rings (SSSR count). The first-order valence-electron chi connectivity index (χ1n) is 5.39. The standard InChI is InChI=1S/C14H13NO/c1-16-15-14-8-4-7-12-11-6-3-2-5-10(11)9-13(12)14/h2-8,15H,9H2,1H3. The molecule has 0 saturated carbocycles. The van der Waals surface area contributed by atoms with Crippen LogP contribution < -0.4 is 5.48 Å². The van der Waals surface area contributed by atoms with E-state index in [0.29, 0.717) is 0 Å². The lowest BCUT2D eigenvalue weighted by atomic mass is 10.1. The van der Waals surface area contributed by atoms with Crippen LogP contribution in [0.15, 0.2) is 42.5 Å². The zero-order valence-corrected chi connectivity index (χ0v) is 9.16. The predicted molar refractivity (Wildman–Crippen MR) is 65.3 cm³/mol. The molecule has 1 aliphatic carbocycles. The van der Waals surface area contributed by atoms with Gasteiger partial charge in [0.1, 0.15) is 0 Å². The summed E-state index contributed by atoms with van der Waals surface area (Å²) in [6.45, 7) is 0. The van der Waals surface area contributed by atoms with Gasteiger partial charge in [-0.1, -0.05) is 36.4 Å². The normalized spacial score (nSPS) is 12.1. The van der Waals surface area contributed by atoms with Crippen LogP contribution >= 0.6 is 0 Å². The molecule has 1 aliphatic rings. The number of fused-ring (bicyclic) bond motifs is 3. The third-order valence-corrected chi connectivity index (χ3v) is 3.06. The van der Waals surface area contributed by atoms with Gasteiger partial charge in [-0.3, -0.25) is 10.3 Å². The molecule has 0 unspecified atom stereocenters. The maximum Gasteiger partial charge on any atom is 0.0646 e. The first kappa shape index (κ1) is 9.43. The van der Waals surface area contributed by atoms with E-state index in [1.807, 2.05) is 6.07 Å². The van der Waals surface area contributed by atoms with Gasteiger partial charge in [0, 0.05) is 6.42 Å². The highest BCUT2D eigenvalue weighted by atomic mass is 16.6. The number of hydrogen-bond donors (Lipinski definition) is 1. The fourth-order valence-corrected chi connectivity index (χ4v) is 2.36. The molecule has 0 bridgehead atoms. The molecule has 0 spiro atoms. The number of rotatable bonds is 2. The summed E-state index contributed by atoms with van der Waals surface area (Å²) in [5, 5.41) is 0. The molecule has 0 aliphatic heterocycles. The summed E-state index contributed by atoms with van der Waals surface area (Å²) in [4.78, 5) is 5.00. The molecule has 2 aromatic carbocycles. The molecule has 2 aromatic rings.